The van der Waals surface area contributed by atoms with E-state index in [9.17, 15) is 5.11 Å². The molecule has 0 atom stereocenters. The Morgan fingerprint density at radius 2 is 2.00 bits per heavy atom. The van der Waals surface area contributed by atoms with Crippen LogP contribution in [0.25, 0.3) is 0 Å². The minimum Gasteiger partial charge on any atom is -0.496 e. The highest BCUT2D eigenvalue weighted by Crippen LogP contribution is 2.22. The zero-order valence-electron chi connectivity index (χ0n) is 6.33. The summed E-state index contributed by atoms with van der Waals surface area (Å²) in [6, 6.07) is 2.84. The van der Waals surface area contributed by atoms with Gasteiger partial charge in [0.25, 0.3) is 5.88 Å². The number of ether oxygens (including phenoxy) is 2. The van der Waals surface area contributed by atoms with Crippen LogP contribution in [-0.4, -0.2) is 19.2 Å². The summed E-state index contributed by atoms with van der Waals surface area (Å²) in [5, 5.41) is 10.8. The van der Waals surface area contributed by atoms with Crippen molar-refractivity contribution in [3.63, 3.8) is 0 Å². The van der Waals surface area contributed by atoms with Gasteiger partial charge in [-0.05, 0) is 0 Å². The first kappa shape index (κ1) is 7.65. The van der Waals surface area contributed by atoms with Crippen LogP contribution in [0.1, 0.15) is 0 Å². The number of rotatable bonds is 2. The number of aromatic nitrogens is 1. The molecule has 1 heterocycles. The zero-order valence-corrected chi connectivity index (χ0v) is 6.33. The summed E-state index contributed by atoms with van der Waals surface area (Å²) >= 11 is 0. The van der Waals surface area contributed by atoms with Crippen molar-refractivity contribution in [3.8, 4) is 17.5 Å². The van der Waals surface area contributed by atoms with Gasteiger partial charge in [0.15, 0.2) is 0 Å². The van der Waals surface area contributed by atoms with Crippen molar-refractivity contribution < 1.29 is 14.6 Å². The van der Waals surface area contributed by atoms with Crippen LogP contribution in [0, 0.1) is 0 Å². The summed E-state index contributed by atoms with van der Waals surface area (Å²) in [4.78, 5) is 3.54. The molecule has 1 aromatic rings. The second-order valence-electron chi connectivity index (χ2n) is 1.89. The molecule has 11 heavy (non-hydrogen) atoms. The van der Waals surface area contributed by atoms with Crippen molar-refractivity contribution in [2.75, 3.05) is 14.2 Å². The van der Waals surface area contributed by atoms with Crippen LogP contribution >= 0.6 is 0 Å². The Kier molecular flexibility index (Phi) is 2.15. The maximum Gasteiger partial charge on any atom is 0.276 e. The molecular formula is C7H8NO3. The predicted molar refractivity (Wildman–Crippen MR) is 37.5 cm³/mol. The fourth-order valence-corrected chi connectivity index (χ4v) is 0.681. The van der Waals surface area contributed by atoms with Crippen molar-refractivity contribution >= 4 is 0 Å². The van der Waals surface area contributed by atoms with Gasteiger partial charge in [-0.1, -0.05) is 0 Å². The lowest BCUT2D eigenvalue weighted by atomic mass is 10.4. The first-order valence-electron chi connectivity index (χ1n) is 3.03. The van der Waals surface area contributed by atoms with Crippen LogP contribution in [-0.2, 0) is 5.11 Å². The monoisotopic (exact) mass is 154 g/mol. The highest BCUT2D eigenvalue weighted by atomic mass is 16.5. The highest BCUT2D eigenvalue weighted by molar-refractivity contribution is 5.32. The maximum atomic E-state index is 10.8. The van der Waals surface area contributed by atoms with Crippen molar-refractivity contribution in [3.05, 3.63) is 12.1 Å². The Labute approximate surface area is 64.4 Å². The summed E-state index contributed by atoms with van der Waals surface area (Å²) in [5.74, 6) is 0.373. The molecule has 0 bridgehead atoms. The molecule has 0 unspecified atom stereocenters. The Hall–Kier alpha value is -1.45. The van der Waals surface area contributed by atoms with Crippen molar-refractivity contribution in [1.29, 1.82) is 0 Å². The van der Waals surface area contributed by atoms with Crippen LogP contribution in [0.5, 0.6) is 17.5 Å². The van der Waals surface area contributed by atoms with Gasteiger partial charge < -0.3 is 9.47 Å². The molecule has 0 saturated carbocycles. The molecule has 0 saturated heterocycles. The topological polar surface area (TPSA) is 51.2 Å². The van der Waals surface area contributed by atoms with Crippen LogP contribution in [0.4, 0.5) is 0 Å². The van der Waals surface area contributed by atoms with E-state index >= 15 is 0 Å². The summed E-state index contributed by atoms with van der Waals surface area (Å²) in [6.07, 6.45) is 0. The average Bonchev–Trinajstić information content (AvgIpc) is 2.03. The van der Waals surface area contributed by atoms with E-state index in [4.69, 9.17) is 9.47 Å². The van der Waals surface area contributed by atoms with E-state index in [1.165, 1.54) is 20.3 Å². The fraction of sp³-hybridized carbons (Fsp3) is 0.286. The van der Waals surface area contributed by atoms with Crippen LogP contribution in [0.15, 0.2) is 12.1 Å². The van der Waals surface area contributed by atoms with E-state index in [0.717, 1.165) is 0 Å². The molecule has 0 amide bonds. The molecule has 1 aromatic heterocycles. The molecule has 1 rings (SSSR count). The quantitative estimate of drug-likeness (QED) is 0.644. The lowest BCUT2D eigenvalue weighted by Crippen LogP contribution is -1.89. The first-order chi connectivity index (χ1) is 5.26. The smallest absolute Gasteiger partial charge is 0.276 e. The summed E-state index contributed by atoms with van der Waals surface area (Å²) in [6.45, 7) is 0. The van der Waals surface area contributed by atoms with E-state index in [2.05, 4.69) is 4.98 Å². The maximum absolute atomic E-state index is 10.8. The standard InChI is InChI=1S/C7H8NO3/c1-10-5-3-6(9)8-7(4-5)11-2/h3-4H,1-2H3. The van der Waals surface area contributed by atoms with Gasteiger partial charge in [-0.25, -0.2) is 0 Å². The number of hydrogen-bond acceptors (Lipinski definition) is 3. The molecule has 0 fully saturated rings. The van der Waals surface area contributed by atoms with Gasteiger partial charge >= 0.3 is 0 Å². The Morgan fingerprint density at radius 3 is 2.55 bits per heavy atom. The molecule has 0 spiro atoms. The number of hydrogen-bond donors (Lipinski definition) is 0. The summed E-state index contributed by atoms with van der Waals surface area (Å²) in [7, 11) is 2.93. The molecule has 4 nitrogen and oxygen atoms in total. The van der Waals surface area contributed by atoms with Gasteiger partial charge in [-0.15, -0.1) is 0 Å². The van der Waals surface area contributed by atoms with Crippen LogP contribution < -0.4 is 9.47 Å². The summed E-state index contributed by atoms with van der Waals surface area (Å²) in [5.41, 5.74) is 0. The number of nitrogens with zero attached hydrogens (tertiary/aromatic N) is 1. The molecule has 0 aliphatic carbocycles. The molecule has 0 aromatic carbocycles. The first-order valence-corrected chi connectivity index (χ1v) is 3.03. The third kappa shape index (κ3) is 1.73. The Morgan fingerprint density at radius 1 is 1.27 bits per heavy atom. The molecule has 0 aliphatic heterocycles. The largest absolute Gasteiger partial charge is 0.496 e. The van der Waals surface area contributed by atoms with Gasteiger partial charge in [0.1, 0.15) is 5.75 Å². The van der Waals surface area contributed by atoms with Gasteiger partial charge in [-0.3, -0.25) is 5.11 Å². The average molecular weight is 154 g/mol. The Bertz CT molecular complexity index is 227. The fourth-order valence-electron chi connectivity index (χ4n) is 0.681. The van der Waals surface area contributed by atoms with Gasteiger partial charge in [0.05, 0.1) is 14.2 Å². The van der Waals surface area contributed by atoms with Crippen LogP contribution in [0.3, 0.4) is 0 Å². The highest BCUT2D eigenvalue weighted by Gasteiger charge is 2.01. The van der Waals surface area contributed by atoms with Crippen LogP contribution in [0.2, 0.25) is 0 Å². The predicted octanol–water partition coefficient (Wildman–Crippen LogP) is 1.24. The molecule has 0 aliphatic rings. The zero-order chi connectivity index (χ0) is 8.27. The van der Waals surface area contributed by atoms with Gasteiger partial charge in [0.2, 0.25) is 5.88 Å². The van der Waals surface area contributed by atoms with E-state index in [1.54, 1.807) is 6.07 Å². The summed E-state index contributed by atoms with van der Waals surface area (Å²) < 4.78 is 9.56. The third-order valence-electron chi connectivity index (χ3n) is 1.20. The number of methoxy groups -OCH3 is 2. The second kappa shape index (κ2) is 3.09. The second-order valence-corrected chi connectivity index (χ2v) is 1.89. The Balaban J connectivity index is 3.02. The van der Waals surface area contributed by atoms with Gasteiger partial charge in [-0.2, -0.15) is 4.98 Å². The lowest BCUT2D eigenvalue weighted by Gasteiger charge is -2.01. The molecule has 1 radical (unpaired) electrons. The van der Waals surface area contributed by atoms with E-state index in [-0.39, 0.29) is 11.8 Å². The van der Waals surface area contributed by atoms with E-state index in [1.807, 2.05) is 0 Å². The molecule has 0 N–H and O–H groups in total. The minimum absolute atomic E-state index is 0.273. The van der Waals surface area contributed by atoms with Crippen molar-refractivity contribution in [2.45, 2.75) is 0 Å². The molecule has 59 valence electrons. The minimum atomic E-state index is -0.360. The molecular weight excluding hydrogens is 146 g/mol. The number of pyridine rings is 1. The molecule has 4 heteroatoms. The van der Waals surface area contributed by atoms with Crippen molar-refractivity contribution in [2.24, 2.45) is 0 Å². The SMILES string of the molecule is COc1cc([O])nc(OC)c1. The third-order valence-corrected chi connectivity index (χ3v) is 1.20. The van der Waals surface area contributed by atoms with Crippen molar-refractivity contribution in [1.82, 2.24) is 4.98 Å². The van der Waals surface area contributed by atoms with Gasteiger partial charge in [0, 0.05) is 12.1 Å². The lowest BCUT2D eigenvalue weighted by molar-refractivity contribution is 0.315. The normalized spacial score (nSPS) is 9.27. The van der Waals surface area contributed by atoms with E-state index < -0.39 is 0 Å². The van der Waals surface area contributed by atoms with E-state index in [0.29, 0.717) is 5.75 Å².